The highest BCUT2D eigenvalue weighted by atomic mass is 16.3. The molecule has 0 bridgehead atoms. The highest BCUT2D eigenvalue weighted by Gasteiger charge is 2.35. The highest BCUT2D eigenvalue weighted by molar-refractivity contribution is 5.23. The number of imidazole rings is 1. The second-order valence-corrected chi connectivity index (χ2v) is 4.26. The van der Waals surface area contributed by atoms with Crippen LogP contribution in [0.25, 0.3) is 0 Å². The minimum atomic E-state index is -1.17. The van der Waals surface area contributed by atoms with Crippen molar-refractivity contribution in [2.45, 2.75) is 18.4 Å². The lowest BCUT2D eigenvalue weighted by molar-refractivity contribution is 0.0554. The summed E-state index contributed by atoms with van der Waals surface area (Å²) in [5.74, 6) is 0.600. The number of aliphatic hydroxyl groups is 1. The summed E-state index contributed by atoms with van der Waals surface area (Å²) in [6, 6.07) is 5.51. The standard InChI is InChI=1S/C14H17N3O/c1-3-4-8-14(18,12-7-5-6-9-15-12)13-16-10-11-17(13)2/h3,5-7,9-11,18H,1,4,8H2,2H3. The molecule has 1 N–H and O–H groups in total. The molecule has 0 radical (unpaired) electrons. The topological polar surface area (TPSA) is 50.9 Å². The lowest BCUT2D eigenvalue weighted by Crippen LogP contribution is -2.31. The summed E-state index contributed by atoms with van der Waals surface area (Å²) in [5.41, 5.74) is -0.561. The van der Waals surface area contributed by atoms with E-state index in [9.17, 15) is 5.11 Å². The Bertz CT molecular complexity index is 521. The molecule has 1 unspecified atom stereocenters. The van der Waals surface area contributed by atoms with Crippen LogP contribution in [0.1, 0.15) is 24.4 Å². The van der Waals surface area contributed by atoms with Crippen molar-refractivity contribution in [2.75, 3.05) is 0 Å². The summed E-state index contributed by atoms with van der Waals surface area (Å²) < 4.78 is 1.82. The Labute approximate surface area is 107 Å². The first-order valence-electron chi connectivity index (χ1n) is 5.91. The van der Waals surface area contributed by atoms with Crippen molar-refractivity contribution in [1.82, 2.24) is 14.5 Å². The van der Waals surface area contributed by atoms with Gasteiger partial charge in [-0.25, -0.2) is 4.98 Å². The van der Waals surface area contributed by atoms with Crippen molar-refractivity contribution in [3.63, 3.8) is 0 Å². The smallest absolute Gasteiger partial charge is 0.164 e. The van der Waals surface area contributed by atoms with E-state index in [4.69, 9.17) is 0 Å². The maximum atomic E-state index is 11.0. The fourth-order valence-electron chi connectivity index (χ4n) is 2.04. The van der Waals surface area contributed by atoms with Gasteiger partial charge in [-0.3, -0.25) is 4.98 Å². The van der Waals surface area contributed by atoms with Crippen LogP contribution in [-0.2, 0) is 12.6 Å². The van der Waals surface area contributed by atoms with Gasteiger partial charge in [-0.15, -0.1) is 6.58 Å². The maximum absolute atomic E-state index is 11.0. The summed E-state index contributed by atoms with van der Waals surface area (Å²) >= 11 is 0. The Hall–Kier alpha value is -1.94. The molecular weight excluding hydrogens is 226 g/mol. The van der Waals surface area contributed by atoms with Gasteiger partial charge in [0.25, 0.3) is 0 Å². The minimum Gasteiger partial charge on any atom is -0.375 e. The average Bonchev–Trinajstić information content (AvgIpc) is 2.84. The van der Waals surface area contributed by atoms with Gasteiger partial charge in [-0.2, -0.15) is 0 Å². The van der Waals surface area contributed by atoms with Crippen LogP contribution in [-0.4, -0.2) is 19.6 Å². The summed E-state index contributed by atoms with van der Waals surface area (Å²) in [6.45, 7) is 3.70. The molecule has 0 aromatic carbocycles. The number of pyridine rings is 1. The largest absolute Gasteiger partial charge is 0.375 e. The maximum Gasteiger partial charge on any atom is 0.164 e. The Morgan fingerprint density at radius 1 is 1.39 bits per heavy atom. The number of rotatable bonds is 5. The van der Waals surface area contributed by atoms with Crippen LogP contribution in [0.15, 0.2) is 49.4 Å². The van der Waals surface area contributed by atoms with E-state index >= 15 is 0 Å². The van der Waals surface area contributed by atoms with Gasteiger partial charge >= 0.3 is 0 Å². The second-order valence-electron chi connectivity index (χ2n) is 4.26. The molecule has 0 fully saturated rings. The summed E-state index contributed by atoms with van der Waals surface area (Å²) in [4.78, 5) is 8.52. The van der Waals surface area contributed by atoms with Crippen molar-refractivity contribution in [3.05, 3.63) is 61.0 Å². The molecule has 4 nitrogen and oxygen atoms in total. The van der Waals surface area contributed by atoms with Crippen molar-refractivity contribution in [2.24, 2.45) is 7.05 Å². The molecule has 0 aliphatic heterocycles. The van der Waals surface area contributed by atoms with Crippen molar-refractivity contribution in [1.29, 1.82) is 0 Å². The summed E-state index contributed by atoms with van der Waals surface area (Å²) in [7, 11) is 1.87. The Balaban J connectivity index is 2.47. The number of hydrogen-bond acceptors (Lipinski definition) is 3. The van der Waals surface area contributed by atoms with E-state index in [-0.39, 0.29) is 0 Å². The number of hydrogen-bond donors (Lipinski definition) is 1. The quantitative estimate of drug-likeness (QED) is 0.817. The molecule has 2 aromatic heterocycles. The molecule has 0 aliphatic carbocycles. The van der Waals surface area contributed by atoms with Gasteiger partial charge < -0.3 is 9.67 Å². The van der Waals surface area contributed by atoms with E-state index in [2.05, 4.69) is 16.5 Å². The van der Waals surface area contributed by atoms with Gasteiger partial charge in [-0.05, 0) is 25.0 Å². The molecule has 0 spiro atoms. The zero-order chi connectivity index (χ0) is 13.0. The van der Waals surface area contributed by atoms with Crippen LogP contribution in [0.5, 0.6) is 0 Å². The minimum absolute atomic E-state index is 0.512. The SMILES string of the molecule is C=CCCC(O)(c1ccccn1)c1nccn1C. The van der Waals surface area contributed by atoms with E-state index in [1.54, 1.807) is 18.5 Å². The fourth-order valence-corrected chi connectivity index (χ4v) is 2.04. The monoisotopic (exact) mass is 243 g/mol. The van der Waals surface area contributed by atoms with E-state index < -0.39 is 5.60 Å². The second kappa shape index (κ2) is 5.14. The van der Waals surface area contributed by atoms with E-state index in [1.165, 1.54) is 0 Å². The molecule has 2 heterocycles. The number of allylic oxidation sites excluding steroid dienone is 1. The molecule has 18 heavy (non-hydrogen) atoms. The van der Waals surface area contributed by atoms with E-state index in [0.717, 1.165) is 0 Å². The van der Waals surface area contributed by atoms with Crippen LogP contribution in [0.3, 0.4) is 0 Å². The number of aromatic nitrogens is 3. The van der Waals surface area contributed by atoms with Gasteiger partial charge in [0.05, 0.1) is 5.69 Å². The zero-order valence-electron chi connectivity index (χ0n) is 10.5. The van der Waals surface area contributed by atoms with Gasteiger partial charge in [-0.1, -0.05) is 12.1 Å². The number of nitrogens with zero attached hydrogens (tertiary/aromatic N) is 3. The Morgan fingerprint density at radius 2 is 2.22 bits per heavy atom. The third-order valence-corrected chi connectivity index (χ3v) is 2.99. The summed E-state index contributed by atoms with van der Waals surface area (Å²) in [5, 5.41) is 11.0. The molecule has 1 atom stereocenters. The van der Waals surface area contributed by atoms with Gasteiger partial charge in [0, 0.05) is 25.6 Å². The van der Waals surface area contributed by atoms with Crippen molar-refractivity contribution < 1.29 is 5.11 Å². The van der Waals surface area contributed by atoms with E-state index in [0.29, 0.717) is 24.4 Å². The number of aryl methyl sites for hydroxylation is 1. The summed E-state index contributed by atoms with van der Waals surface area (Å²) in [6.07, 6.45) is 8.17. The predicted octanol–water partition coefficient (Wildman–Crippen LogP) is 2.02. The molecule has 94 valence electrons. The third-order valence-electron chi connectivity index (χ3n) is 2.99. The molecule has 0 saturated carbocycles. The van der Waals surface area contributed by atoms with Crippen LogP contribution in [0, 0.1) is 0 Å². The lowest BCUT2D eigenvalue weighted by Gasteiger charge is -2.26. The van der Waals surface area contributed by atoms with Crippen LogP contribution < -0.4 is 0 Å². The highest BCUT2D eigenvalue weighted by Crippen LogP contribution is 2.31. The molecule has 4 heteroatoms. The van der Waals surface area contributed by atoms with Gasteiger partial charge in [0.1, 0.15) is 5.82 Å². The first kappa shape index (κ1) is 12.5. The van der Waals surface area contributed by atoms with Gasteiger partial charge in [0.2, 0.25) is 0 Å². The molecule has 2 aromatic rings. The van der Waals surface area contributed by atoms with Crippen LogP contribution in [0.2, 0.25) is 0 Å². The van der Waals surface area contributed by atoms with E-state index in [1.807, 2.05) is 36.0 Å². The average molecular weight is 243 g/mol. The molecular formula is C14H17N3O. The molecule has 0 saturated heterocycles. The molecule has 0 amide bonds. The van der Waals surface area contributed by atoms with Crippen LogP contribution in [0.4, 0.5) is 0 Å². The molecule has 2 rings (SSSR count). The lowest BCUT2D eigenvalue weighted by atomic mass is 9.92. The third kappa shape index (κ3) is 2.19. The molecule has 0 aliphatic rings. The zero-order valence-corrected chi connectivity index (χ0v) is 10.5. The fraction of sp³-hybridized carbons (Fsp3) is 0.286. The predicted molar refractivity (Wildman–Crippen MR) is 69.9 cm³/mol. The van der Waals surface area contributed by atoms with Crippen molar-refractivity contribution in [3.8, 4) is 0 Å². The van der Waals surface area contributed by atoms with Gasteiger partial charge in [0.15, 0.2) is 5.60 Å². The Kier molecular flexibility index (Phi) is 3.58. The normalized spacial score (nSPS) is 14.1. The Morgan fingerprint density at radius 3 is 2.78 bits per heavy atom. The first-order chi connectivity index (χ1) is 8.68. The first-order valence-corrected chi connectivity index (χ1v) is 5.91. The van der Waals surface area contributed by atoms with Crippen LogP contribution >= 0.6 is 0 Å². The van der Waals surface area contributed by atoms with Crippen molar-refractivity contribution >= 4 is 0 Å².